The molecule has 62 heavy (non-hydrogen) atoms. The molecule has 0 rings (SSSR count). The summed E-state index contributed by atoms with van der Waals surface area (Å²) in [6.07, 6.45) is 62.8. The maximum Gasteiger partial charge on any atom is 0.306 e. The number of carbonyl (C=O) groups excluding carboxylic acids is 2. The van der Waals surface area contributed by atoms with Gasteiger partial charge in [0.1, 0.15) is 6.10 Å². The zero-order chi connectivity index (χ0) is 45.2. The predicted octanol–water partition coefficient (Wildman–Crippen LogP) is 15.8. The van der Waals surface area contributed by atoms with Crippen molar-refractivity contribution in [3.8, 4) is 0 Å². The highest BCUT2D eigenvalue weighted by molar-refractivity contribution is 5.78. The standard InChI is InChI=1S/C56H99NO5/c1-4-7-10-13-16-19-22-25-27-28-29-31-34-37-40-43-46-49-56(61)62-52(47-44-41-38-35-32-30-26-23-20-17-14-11-8-5-2)50-55(60)57-53(51-58)54(59)48-45-42-39-36-33-24-21-18-15-12-9-6-3/h8,11,17,20,25-27,30,35,38,44,47,52-54,58-59H,4-7,9-10,12-16,18-19,21-24,28-29,31-34,36-37,39-43,45-46,48-51H2,1-3H3,(H,57,60)/b11-8+,20-17+,27-25+,30-26+,38-35+,47-44+. The van der Waals surface area contributed by atoms with Crippen molar-refractivity contribution >= 4 is 11.9 Å². The zero-order valence-corrected chi connectivity index (χ0v) is 40.7. The summed E-state index contributed by atoms with van der Waals surface area (Å²) in [5.41, 5.74) is 0. The molecule has 3 atom stereocenters. The van der Waals surface area contributed by atoms with Gasteiger partial charge in [-0.3, -0.25) is 9.59 Å². The second-order valence-electron chi connectivity index (χ2n) is 17.5. The van der Waals surface area contributed by atoms with Crippen LogP contribution in [0.2, 0.25) is 0 Å². The van der Waals surface area contributed by atoms with E-state index in [1.165, 1.54) is 135 Å². The molecule has 0 aromatic carbocycles. The molecule has 0 aromatic rings. The summed E-state index contributed by atoms with van der Waals surface area (Å²) in [6, 6.07) is -0.744. The third-order valence-electron chi connectivity index (χ3n) is 11.5. The molecule has 0 radical (unpaired) electrons. The van der Waals surface area contributed by atoms with Crippen LogP contribution in [0, 0.1) is 0 Å². The summed E-state index contributed by atoms with van der Waals surface area (Å²) >= 11 is 0. The molecule has 0 aliphatic rings. The zero-order valence-electron chi connectivity index (χ0n) is 40.7. The van der Waals surface area contributed by atoms with E-state index in [1.54, 1.807) is 6.08 Å². The third-order valence-corrected chi connectivity index (χ3v) is 11.5. The quantitative estimate of drug-likeness (QED) is 0.0322. The van der Waals surface area contributed by atoms with Gasteiger partial charge in [-0.05, 0) is 76.7 Å². The number of ether oxygens (including phenoxy) is 1. The topological polar surface area (TPSA) is 95.9 Å². The molecular formula is C56H99NO5. The number of carbonyl (C=O) groups is 2. The van der Waals surface area contributed by atoms with Gasteiger partial charge >= 0.3 is 5.97 Å². The smallest absolute Gasteiger partial charge is 0.306 e. The predicted molar refractivity (Wildman–Crippen MR) is 268 cm³/mol. The number of allylic oxidation sites excluding steroid dienone is 11. The summed E-state index contributed by atoms with van der Waals surface area (Å²) in [6.45, 7) is 6.33. The molecular weight excluding hydrogens is 767 g/mol. The van der Waals surface area contributed by atoms with E-state index in [0.29, 0.717) is 19.3 Å². The highest BCUT2D eigenvalue weighted by Gasteiger charge is 2.23. The normalized spacial score (nSPS) is 13.8. The first-order chi connectivity index (χ1) is 30.5. The van der Waals surface area contributed by atoms with Gasteiger partial charge in [0.15, 0.2) is 0 Å². The van der Waals surface area contributed by atoms with Crippen molar-refractivity contribution in [1.82, 2.24) is 5.32 Å². The van der Waals surface area contributed by atoms with Crippen molar-refractivity contribution in [3.63, 3.8) is 0 Å². The highest BCUT2D eigenvalue weighted by atomic mass is 16.5. The van der Waals surface area contributed by atoms with Crippen LogP contribution in [0.1, 0.15) is 245 Å². The lowest BCUT2D eigenvalue weighted by molar-refractivity contribution is -0.148. The molecule has 0 heterocycles. The Bertz CT molecular complexity index is 1150. The molecule has 0 aromatic heterocycles. The Balaban J connectivity index is 4.71. The number of esters is 1. The minimum Gasteiger partial charge on any atom is -0.458 e. The second-order valence-corrected chi connectivity index (χ2v) is 17.5. The summed E-state index contributed by atoms with van der Waals surface area (Å²) in [4.78, 5) is 26.1. The summed E-state index contributed by atoms with van der Waals surface area (Å²) in [5, 5.41) is 23.7. The van der Waals surface area contributed by atoms with Crippen LogP contribution in [0.15, 0.2) is 72.9 Å². The average molecular weight is 866 g/mol. The maximum absolute atomic E-state index is 13.2. The molecule has 6 nitrogen and oxygen atoms in total. The van der Waals surface area contributed by atoms with Crippen LogP contribution >= 0.6 is 0 Å². The number of nitrogens with one attached hydrogen (secondary N) is 1. The average Bonchev–Trinajstić information content (AvgIpc) is 3.26. The number of amides is 1. The molecule has 0 saturated heterocycles. The van der Waals surface area contributed by atoms with E-state index in [2.05, 4.69) is 86.8 Å². The fourth-order valence-corrected chi connectivity index (χ4v) is 7.56. The molecule has 1 amide bonds. The van der Waals surface area contributed by atoms with Crippen molar-refractivity contribution in [2.45, 2.75) is 264 Å². The van der Waals surface area contributed by atoms with Crippen LogP contribution in [-0.2, 0) is 14.3 Å². The van der Waals surface area contributed by atoms with Gasteiger partial charge in [-0.15, -0.1) is 0 Å². The minimum atomic E-state index is -0.821. The summed E-state index contributed by atoms with van der Waals surface area (Å²) < 4.78 is 5.82. The van der Waals surface area contributed by atoms with Crippen molar-refractivity contribution in [2.75, 3.05) is 6.61 Å². The Morgan fingerprint density at radius 3 is 1.35 bits per heavy atom. The van der Waals surface area contributed by atoms with Crippen molar-refractivity contribution < 1.29 is 24.5 Å². The number of hydrogen-bond donors (Lipinski definition) is 3. The van der Waals surface area contributed by atoms with Gasteiger partial charge in [0.25, 0.3) is 0 Å². The Kier molecular flexibility index (Phi) is 47.2. The van der Waals surface area contributed by atoms with Gasteiger partial charge in [-0.1, -0.05) is 229 Å². The molecule has 0 aliphatic heterocycles. The van der Waals surface area contributed by atoms with Crippen LogP contribution in [0.25, 0.3) is 0 Å². The van der Waals surface area contributed by atoms with E-state index in [0.717, 1.165) is 64.2 Å². The van der Waals surface area contributed by atoms with Crippen LogP contribution in [0.3, 0.4) is 0 Å². The van der Waals surface area contributed by atoms with E-state index >= 15 is 0 Å². The largest absolute Gasteiger partial charge is 0.458 e. The van der Waals surface area contributed by atoms with Crippen molar-refractivity contribution in [2.24, 2.45) is 0 Å². The maximum atomic E-state index is 13.2. The SMILES string of the molecule is CC/C=C/C/C=C/C/C=C/C/C=C/C/C=C/C(CC(=O)NC(CO)C(O)CCCCCCCCCCCCCC)OC(=O)CCCCCCCCC/C=C/CCCCCCCC. The molecule has 3 unspecified atom stereocenters. The molecule has 0 spiro atoms. The van der Waals surface area contributed by atoms with Gasteiger partial charge in [0.05, 0.1) is 25.2 Å². The molecule has 6 heteroatoms. The Morgan fingerprint density at radius 1 is 0.500 bits per heavy atom. The van der Waals surface area contributed by atoms with E-state index < -0.39 is 18.2 Å². The Labute approximate surface area is 383 Å². The van der Waals surface area contributed by atoms with Crippen molar-refractivity contribution in [1.29, 1.82) is 0 Å². The van der Waals surface area contributed by atoms with E-state index in [1.807, 2.05) is 6.08 Å². The van der Waals surface area contributed by atoms with E-state index in [4.69, 9.17) is 4.74 Å². The lowest BCUT2D eigenvalue weighted by Gasteiger charge is -2.23. The number of rotatable bonds is 46. The van der Waals surface area contributed by atoms with Crippen molar-refractivity contribution in [3.05, 3.63) is 72.9 Å². The van der Waals surface area contributed by atoms with Gasteiger partial charge in [0, 0.05) is 6.42 Å². The van der Waals surface area contributed by atoms with E-state index in [-0.39, 0.29) is 24.9 Å². The van der Waals surface area contributed by atoms with Gasteiger partial charge in [-0.2, -0.15) is 0 Å². The minimum absolute atomic E-state index is 0.0491. The number of aliphatic hydroxyl groups excluding tert-OH is 2. The summed E-state index contributed by atoms with van der Waals surface area (Å²) in [7, 11) is 0. The first-order valence-electron chi connectivity index (χ1n) is 26.2. The van der Waals surface area contributed by atoms with Gasteiger partial charge < -0.3 is 20.3 Å². The first-order valence-corrected chi connectivity index (χ1v) is 26.2. The fraction of sp³-hybridized carbons (Fsp3) is 0.750. The molecule has 0 saturated carbocycles. The number of hydrogen-bond acceptors (Lipinski definition) is 5. The van der Waals surface area contributed by atoms with Crippen LogP contribution < -0.4 is 5.32 Å². The first kappa shape index (κ1) is 59.3. The number of unbranched alkanes of at least 4 members (excludes halogenated alkanes) is 24. The molecule has 0 aliphatic carbocycles. The molecule has 0 bridgehead atoms. The lowest BCUT2D eigenvalue weighted by Crippen LogP contribution is -2.46. The third kappa shape index (κ3) is 43.9. The monoisotopic (exact) mass is 866 g/mol. The molecule has 358 valence electrons. The van der Waals surface area contributed by atoms with Gasteiger partial charge in [0.2, 0.25) is 5.91 Å². The van der Waals surface area contributed by atoms with Crippen LogP contribution in [0.4, 0.5) is 0 Å². The second kappa shape index (κ2) is 49.3. The van der Waals surface area contributed by atoms with Gasteiger partial charge in [-0.25, -0.2) is 0 Å². The van der Waals surface area contributed by atoms with Crippen LogP contribution in [-0.4, -0.2) is 46.9 Å². The van der Waals surface area contributed by atoms with E-state index in [9.17, 15) is 19.8 Å². The highest BCUT2D eigenvalue weighted by Crippen LogP contribution is 2.16. The summed E-state index contributed by atoms with van der Waals surface area (Å²) in [5.74, 6) is -0.633. The Hall–Kier alpha value is -2.70. The molecule has 0 fully saturated rings. The number of aliphatic hydroxyl groups is 2. The molecule has 3 N–H and O–H groups in total. The fourth-order valence-electron chi connectivity index (χ4n) is 7.56. The lowest BCUT2D eigenvalue weighted by atomic mass is 10.0. The van der Waals surface area contributed by atoms with Crippen LogP contribution in [0.5, 0.6) is 0 Å². The Morgan fingerprint density at radius 2 is 0.903 bits per heavy atom.